The van der Waals surface area contributed by atoms with Crippen LogP contribution in [-0.4, -0.2) is 0 Å². The van der Waals surface area contributed by atoms with Gasteiger partial charge < -0.3 is 0 Å². The number of aryl methyl sites for hydroxylation is 1. The number of unbranched alkanes of at least 4 members (excludes halogenated alkanes) is 3. The summed E-state index contributed by atoms with van der Waals surface area (Å²) in [6, 6.07) is 9.08. The largest absolute Gasteiger partial charge is 0.206 e. The van der Waals surface area contributed by atoms with Gasteiger partial charge in [0.05, 0.1) is 0 Å². The van der Waals surface area contributed by atoms with E-state index in [1.54, 1.807) is 18.2 Å². The predicted molar refractivity (Wildman–Crippen MR) is 180 cm³/mol. The Labute approximate surface area is 264 Å². The van der Waals surface area contributed by atoms with E-state index in [0.717, 1.165) is 60.1 Å². The molecule has 2 aromatic rings. The van der Waals surface area contributed by atoms with Gasteiger partial charge in [-0.25, -0.2) is 13.2 Å². The summed E-state index contributed by atoms with van der Waals surface area (Å²) in [5, 5.41) is 0. The Morgan fingerprint density at radius 3 is 2.32 bits per heavy atom. The first-order valence-electron chi connectivity index (χ1n) is 17.4. The number of hydrogen-bond donors (Lipinski definition) is 0. The van der Waals surface area contributed by atoms with Gasteiger partial charge >= 0.3 is 0 Å². The van der Waals surface area contributed by atoms with Gasteiger partial charge in [-0.3, -0.25) is 0 Å². The van der Waals surface area contributed by atoms with Crippen molar-refractivity contribution in [2.75, 3.05) is 0 Å². The monoisotopic (exact) mass is 600 g/mol. The molecule has 0 spiro atoms. The van der Waals surface area contributed by atoms with Crippen LogP contribution in [-0.2, 0) is 6.42 Å². The number of allylic oxidation sites excluding steroid dienone is 8. The molecule has 5 rings (SSSR count). The van der Waals surface area contributed by atoms with Crippen molar-refractivity contribution in [3.05, 3.63) is 106 Å². The van der Waals surface area contributed by atoms with Crippen molar-refractivity contribution in [3.8, 4) is 0 Å². The third kappa shape index (κ3) is 8.06. The topological polar surface area (TPSA) is 0 Å². The first-order chi connectivity index (χ1) is 21.5. The highest BCUT2D eigenvalue weighted by atomic mass is 19.2. The van der Waals surface area contributed by atoms with Crippen LogP contribution in [0.4, 0.5) is 13.2 Å². The van der Waals surface area contributed by atoms with Crippen molar-refractivity contribution in [2.24, 2.45) is 17.8 Å². The molecule has 2 atom stereocenters. The van der Waals surface area contributed by atoms with E-state index < -0.39 is 11.6 Å². The summed E-state index contributed by atoms with van der Waals surface area (Å²) in [4.78, 5) is 0. The van der Waals surface area contributed by atoms with Gasteiger partial charge in [-0.2, -0.15) is 0 Å². The van der Waals surface area contributed by atoms with E-state index in [0.29, 0.717) is 29.5 Å². The van der Waals surface area contributed by atoms with Gasteiger partial charge in [-0.05, 0) is 111 Å². The third-order valence-corrected chi connectivity index (χ3v) is 10.6. The quantitative estimate of drug-likeness (QED) is 0.168. The van der Waals surface area contributed by atoms with Gasteiger partial charge in [-0.1, -0.05) is 106 Å². The average molecular weight is 601 g/mol. The molecule has 1 saturated carbocycles. The molecular weight excluding hydrogens is 549 g/mol. The van der Waals surface area contributed by atoms with Crippen LogP contribution in [0.25, 0.3) is 11.1 Å². The van der Waals surface area contributed by atoms with Gasteiger partial charge in [-0.15, -0.1) is 0 Å². The van der Waals surface area contributed by atoms with E-state index >= 15 is 4.39 Å². The van der Waals surface area contributed by atoms with Gasteiger partial charge in [0.2, 0.25) is 0 Å². The molecule has 2 unspecified atom stereocenters. The number of benzene rings is 2. The maximum atomic E-state index is 15.4. The highest BCUT2D eigenvalue weighted by Gasteiger charge is 2.29. The first kappa shape index (κ1) is 32.6. The summed E-state index contributed by atoms with van der Waals surface area (Å²) in [7, 11) is 0. The van der Waals surface area contributed by atoms with Crippen LogP contribution in [0.2, 0.25) is 0 Å². The minimum absolute atomic E-state index is 0.0166. The van der Waals surface area contributed by atoms with Crippen LogP contribution in [0.15, 0.2) is 66.8 Å². The van der Waals surface area contributed by atoms with Crippen LogP contribution in [0.3, 0.4) is 0 Å². The highest BCUT2D eigenvalue weighted by Crippen LogP contribution is 2.43. The Morgan fingerprint density at radius 1 is 0.818 bits per heavy atom. The lowest BCUT2D eigenvalue weighted by atomic mass is 9.70. The molecule has 0 amide bonds. The van der Waals surface area contributed by atoms with Crippen molar-refractivity contribution >= 4 is 11.1 Å². The zero-order valence-corrected chi connectivity index (χ0v) is 26.9. The molecule has 0 N–H and O–H groups in total. The second-order valence-electron chi connectivity index (χ2n) is 13.5. The molecule has 236 valence electrons. The summed E-state index contributed by atoms with van der Waals surface area (Å²) in [5.74, 6) is 0.879. The van der Waals surface area contributed by atoms with Crippen molar-refractivity contribution in [2.45, 2.75) is 116 Å². The van der Waals surface area contributed by atoms with E-state index in [1.165, 1.54) is 57.8 Å². The molecule has 3 aliphatic carbocycles. The van der Waals surface area contributed by atoms with E-state index in [4.69, 9.17) is 0 Å². The Kier molecular flexibility index (Phi) is 11.8. The summed E-state index contributed by atoms with van der Waals surface area (Å²) in [5.41, 5.74) is 4.22. The molecule has 44 heavy (non-hydrogen) atoms. The Balaban J connectivity index is 1.15. The molecule has 3 heteroatoms. The molecular formula is C41H51F3. The fourth-order valence-electron chi connectivity index (χ4n) is 7.83. The average Bonchev–Trinajstić information content (AvgIpc) is 3.06. The molecule has 0 heterocycles. The number of hydrogen-bond acceptors (Lipinski definition) is 0. The maximum Gasteiger partial charge on any atom is 0.166 e. The van der Waals surface area contributed by atoms with Crippen molar-refractivity contribution < 1.29 is 13.2 Å². The van der Waals surface area contributed by atoms with Crippen LogP contribution in [0.5, 0.6) is 0 Å². The van der Waals surface area contributed by atoms with Crippen molar-refractivity contribution in [3.63, 3.8) is 0 Å². The Morgan fingerprint density at radius 2 is 1.64 bits per heavy atom. The van der Waals surface area contributed by atoms with Crippen molar-refractivity contribution in [1.29, 1.82) is 0 Å². The lowest BCUT2D eigenvalue weighted by Gasteiger charge is -2.35. The van der Waals surface area contributed by atoms with Gasteiger partial charge in [0.25, 0.3) is 0 Å². The minimum Gasteiger partial charge on any atom is -0.206 e. The third-order valence-electron chi connectivity index (χ3n) is 10.6. The normalized spacial score (nSPS) is 24.0. The van der Waals surface area contributed by atoms with E-state index in [-0.39, 0.29) is 11.7 Å². The fraction of sp³-hybridized carbons (Fsp3) is 0.512. The molecule has 0 aromatic heterocycles. The summed E-state index contributed by atoms with van der Waals surface area (Å²) in [6.07, 6.45) is 29.2. The Hall–Kier alpha value is -2.81. The van der Waals surface area contributed by atoms with Crippen LogP contribution in [0, 0.1) is 35.2 Å². The van der Waals surface area contributed by atoms with Crippen LogP contribution < -0.4 is 0 Å². The zero-order chi connectivity index (χ0) is 30.9. The molecule has 0 saturated heterocycles. The molecule has 1 fully saturated rings. The van der Waals surface area contributed by atoms with Gasteiger partial charge in [0, 0.05) is 17.0 Å². The molecule has 2 aromatic carbocycles. The Bertz CT molecular complexity index is 1370. The molecule has 3 aliphatic rings. The lowest BCUT2D eigenvalue weighted by Crippen LogP contribution is -2.23. The molecule has 0 nitrogen and oxygen atoms in total. The second kappa shape index (κ2) is 16.0. The highest BCUT2D eigenvalue weighted by molar-refractivity contribution is 5.76. The van der Waals surface area contributed by atoms with Crippen molar-refractivity contribution in [1.82, 2.24) is 0 Å². The fourth-order valence-corrected chi connectivity index (χ4v) is 7.83. The van der Waals surface area contributed by atoms with Gasteiger partial charge in [0.1, 0.15) is 5.82 Å². The standard InChI is InChI=1S/C41H51F3/c1-3-5-7-9-11-35-24-27-38(41(44)40(35)43)34-22-18-32(19-23-34)36-25-26-37(39(42)28-36)33-20-16-31(17-21-33)30-14-12-29(13-15-30)10-8-6-4-2/h3,5,18,20,22-32H,4,6-17,19,21H2,1-2H3/b5-3-. The van der Waals surface area contributed by atoms with Crippen LogP contribution in [0.1, 0.15) is 132 Å². The molecule has 0 aliphatic heterocycles. The first-order valence-corrected chi connectivity index (χ1v) is 17.4. The number of rotatable bonds is 12. The zero-order valence-electron chi connectivity index (χ0n) is 26.9. The van der Waals surface area contributed by atoms with E-state index in [9.17, 15) is 8.78 Å². The summed E-state index contributed by atoms with van der Waals surface area (Å²) >= 11 is 0. The predicted octanol–water partition coefficient (Wildman–Crippen LogP) is 12.7. The maximum absolute atomic E-state index is 15.4. The summed E-state index contributed by atoms with van der Waals surface area (Å²) in [6.45, 7) is 4.24. The lowest BCUT2D eigenvalue weighted by molar-refractivity contribution is 0.187. The van der Waals surface area contributed by atoms with E-state index in [2.05, 4.69) is 13.0 Å². The second-order valence-corrected chi connectivity index (χ2v) is 13.5. The molecule has 0 radical (unpaired) electrons. The summed E-state index contributed by atoms with van der Waals surface area (Å²) < 4.78 is 45.2. The smallest absolute Gasteiger partial charge is 0.166 e. The molecule has 0 bridgehead atoms. The SMILES string of the molecule is C/C=C\CCCc1ccc(C2=CCC(c3ccc(C4=CCC(C5CCC(CCCCC)CC5)CC4)c(F)c3)C=C2)c(F)c1F. The minimum atomic E-state index is -0.781. The van der Waals surface area contributed by atoms with Crippen LogP contribution >= 0.6 is 0 Å². The van der Waals surface area contributed by atoms with Gasteiger partial charge in [0.15, 0.2) is 11.6 Å². The van der Waals surface area contributed by atoms with E-state index in [1.807, 2.05) is 49.4 Å². The number of halogens is 3.